The average molecular weight is 288 g/mol. The molecule has 0 fully saturated rings. The second kappa shape index (κ2) is 9.31. The van der Waals surface area contributed by atoms with E-state index >= 15 is 0 Å². The van der Waals surface area contributed by atoms with Crippen LogP contribution in [0.5, 0.6) is 0 Å². The second-order valence-corrected chi connectivity index (χ2v) is 4.16. The average Bonchev–Trinajstić information content (AvgIpc) is 2.39. The number of carbonyl (C=O) groups is 2. The van der Waals surface area contributed by atoms with Crippen LogP contribution < -0.4 is 0 Å². The van der Waals surface area contributed by atoms with Gasteiger partial charge in [0.1, 0.15) is 11.5 Å². The van der Waals surface area contributed by atoms with Crippen molar-refractivity contribution in [3.05, 3.63) is 71.8 Å². The van der Waals surface area contributed by atoms with Crippen molar-refractivity contribution in [3.63, 3.8) is 0 Å². The van der Waals surface area contributed by atoms with E-state index in [1.54, 1.807) is 26.0 Å². The topological polar surface area (TPSA) is 74.6 Å². The Hall–Kier alpha value is -2.62. The Morgan fingerprint density at radius 3 is 1.95 bits per heavy atom. The van der Waals surface area contributed by atoms with Crippen LogP contribution >= 0.6 is 0 Å². The van der Waals surface area contributed by atoms with Crippen molar-refractivity contribution < 1.29 is 19.8 Å². The molecule has 0 aliphatic carbocycles. The molecule has 4 heteroatoms. The zero-order valence-electron chi connectivity index (χ0n) is 12.5. The first kappa shape index (κ1) is 18.4. The summed E-state index contributed by atoms with van der Waals surface area (Å²) in [4.78, 5) is 23.4. The van der Waals surface area contributed by atoms with Gasteiger partial charge in [-0.3, -0.25) is 9.59 Å². The van der Waals surface area contributed by atoms with Crippen LogP contribution in [0, 0.1) is 0 Å². The van der Waals surface area contributed by atoms with E-state index in [2.05, 4.69) is 6.58 Å². The van der Waals surface area contributed by atoms with Crippen molar-refractivity contribution in [2.45, 2.75) is 20.8 Å². The van der Waals surface area contributed by atoms with E-state index in [1.807, 2.05) is 0 Å². The Morgan fingerprint density at radius 2 is 1.52 bits per heavy atom. The zero-order chi connectivity index (χ0) is 16.4. The Balaban J connectivity index is 6.08. The second-order valence-electron chi connectivity index (χ2n) is 4.16. The summed E-state index contributed by atoms with van der Waals surface area (Å²) in [5.41, 5.74) is 0.262. The minimum atomic E-state index is -0.399. The van der Waals surface area contributed by atoms with E-state index in [0.29, 0.717) is 0 Å². The number of hydrogen-bond acceptors (Lipinski definition) is 4. The van der Waals surface area contributed by atoms with Gasteiger partial charge in [-0.1, -0.05) is 24.8 Å². The predicted octanol–water partition coefficient (Wildman–Crippen LogP) is 3.66. The number of hydrogen-bond donors (Lipinski definition) is 2. The van der Waals surface area contributed by atoms with Gasteiger partial charge in [0.15, 0.2) is 11.6 Å². The number of aliphatic hydroxyl groups excluding tert-OH is 2. The van der Waals surface area contributed by atoms with Crippen LogP contribution in [0.1, 0.15) is 20.8 Å². The van der Waals surface area contributed by atoms with Crippen LogP contribution in [-0.2, 0) is 9.59 Å². The van der Waals surface area contributed by atoms with E-state index in [1.165, 1.54) is 31.2 Å². The fourth-order valence-corrected chi connectivity index (χ4v) is 1.47. The van der Waals surface area contributed by atoms with E-state index in [-0.39, 0.29) is 28.4 Å². The molecule has 0 unspecified atom stereocenters. The highest BCUT2D eigenvalue weighted by molar-refractivity contribution is 6.11. The quantitative estimate of drug-likeness (QED) is 0.426. The van der Waals surface area contributed by atoms with Gasteiger partial charge in [-0.25, -0.2) is 0 Å². The van der Waals surface area contributed by atoms with Gasteiger partial charge in [-0.2, -0.15) is 0 Å². The zero-order valence-corrected chi connectivity index (χ0v) is 12.5. The van der Waals surface area contributed by atoms with Crippen LogP contribution in [0.25, 0.3) is 0 Å². The lowest BCUT2D eigenvalue weighted by Gasteiger charge is -2.07. The Bertz CT molecular complexity index is 570. The van der Waals surface area contributed by atoms with Gasteiger partial charge in [0.05, 0.1) is 0 Å². The maximum Gasteiger partial charge on any atom is 0.186 e. The van der Waals surface area contributed by atoms with Crippen LogP contribution in [0.3, 0.4) is 0 Å². The van der Waals surface area contributed by atoms with Crippen molar-refractivity contribution in [1.82, 2.24) is 0 Å². The molecule has 0 aromatic heterocycles. The molecule has 0 rings (SSSR count). The number of allylic oxidation sites excluding steroid dienone is 9. The van der Waals surface area contributed by atoms with Crippen molar-refractivity contribution >= 4 is 11.6 Å². The third-order valence-electron chi connectivity index (χ3n) is 2.26. The smallest absolute Gasteiger partial charge is 0.186 e. The molecule has 0 atom stereocenters. The van der Waals surface area contributed by atoms with Gasteiger partial charge >= 0.3 is 0 Å². The highest BCUT2D eigenvalue weighted by Crippen LogP contribution is 2.19. The molecule has 0 aliphatic heterocycles. The van der Waals surface area contributed by atoms with Gasteiger partial charge in [0.25, 0.3) is 0 Å². The van der Waals surface area contributed by atoms with Gasteiger partial charge in [0.2, 0.25) is 0 Å². The minimum Gasteiger partial charge on any atom is -0.509 e. The Kier molecular flexibility index (Phi) is 8.15. The maximum absolute atomic E-state index is 12.1. The highest BCUT2D eigenvalue weighted by atomic mass is 16.3. The summed E-state index contributed by atoms with van der Waals surface area (Å²) in [6.45, 7) is 7.97. The van der Waals surface area contributed by atoms with Crippen molar-refractivity contribution in [1.29, 1.82) is 0 Å². The Labute approximate surface area is 124 Å². The van der Waals surface area contributed by atoms with E-state index in [9.17, 15) is 14.7 Å². The SMILES string of the molecule is C=C(O)/C=C/C(O)=C(\C=C/C)C(=CC(C)=O)C(=O)/C=C/C. The largest absolute Gasteiger partial charge is 0.509 e. The molecule has 0 spiro atoms. The molecule has 4 nitrogen and oxygen atoms in total. The normalized spacial score (nSPS) is 14.0. The molecule has 0 aromatic carbocycles. The number of aliphatic hydroxyl groups is 2. The molecule has 0 aliphatic rings. The predicted molar refractivity (Wildman–Crippen MR) is 84.0 cm³/mol. The van der Waals surface area contributed by atoms with Crippen LogP contribution in [0.15, 0.2) is 71.8 Å². The molecule has 112 valence electrons. The first-order valence-corrected chi connectivity index (χ1v) is 6.35. The minimum absolute atomic E-state index is 0.0735. The maximum atomic E-state index is 12.1. The molecule has 0 amide bonds. The van der Waals surface area contributed by atoms with E-state index < -0.39 is 5.78 Å². The van der Waals surface area contributed by atoms with Crippen LogP contribution in [0.4, 0.5) is 0 Å². The number of rotatable bonds is 7. The summed E-state index contributed by atoms with van der Waals surface area (Å²) in [7, 11) is 0. The summed E-state index contributed by atoms with van der Waals surface area (Å²) < 4.78 is 0. The van der Waals surface area contributed by atoms with Gasteiger partial charge in [-0.15, -0.1) is 0 Å². The van der Waals surface area contributed by atoms with Gasteiger partial charge < -0.3 is 10.2 Å². The summed E-state index contributed by atoms with van der Waals surface area (Å²) in [5.74, 6) is -1.20. The highest BCUT2D eigenvalue weighted by Gasteiger charge is 2.14. The molecular weight excluding hydrogens is 268 g/mol. The van der Waals surface area contributed by atoms with E-state index in [0.717, 1.165) is 6.08 Å². The molecule has 0 aromatic rings. The molecular formula is C17H20O4. The molecule has 0 saturated carbocycles. The molecule has 0 bridgehead atoms. The third kappa shape index (κ3) is 6.92. The molecule has 0 radical (unpaired) electrons. The monoisotopic (exact) mass is 288 g/mol. The van der Waals surface area contributed by atoms with Gasteiger partial charge in [-0.05, 0) is 45.1 Å². The van der Waals surface area contributed by atoms with Gasteiger partial charge in [0, 0.05) is 11.1 Å². The third-order valence-corrected chi connectivity index (χ3v) is 2.26. The molecule has 2 N–H and O–H groups in total. The van der Waals surface area contributed by atoms with Crippen molar-refractivity contribution in [2.24, 2.45) is 0 Å². The lowest BCUT2D eigenvalue weighted by molar-refractivity contribution is -0.114. The lowest BCUT2D eigenvalue weighted by Crippen LogP contribution is -2.05. The number of carbonyl (C=O) groups excluding carboxylic acids is 2. The first-order valence-electron chi connectivity index (χ1n) is 6.35. The summed E-state index contributed by atoms with van der Waals surface area (Å²) in [6, 6.07) is 0. The van der Waals surface area contributed by atoms with Crippen molar-refractivity contribution in [2.75, 3.05) is 0 Å². The number of ketones is 2. The van der Waals surface area contributed by atoms with Crippen LogP contribution in [0.2, 0.25) is 0 Å². The summed E-state index contributed by atoms with van der Waals surface area (Å²) >= 11 is 0. The van der Waals surface area contributed by atoms with Crippen molar-refractivity contribution in [3.8, 4) is 0 Å². The fourth-order valence-electron chi connectivity index (χ4n) is 1.47. The molecule has 0 saturated heterocycles. The fraction of sp³-hybridized carbons (Fsp3) is 0.176. The first-order chi connectivity index (χ1) is 9.83. The molecule has 21 heavy (non-hydrogen) atoms. The lowest BCUT2D eigenvalue weighted by atomic mass is 9.97. The van der Waals surface area contributed by atoms with E-state index in [4.69, 9.17) is 5.11 Å². The Morgan fingerprint density at radius 1 is 0.952 bits per heavy atom. The standard InChI is InChI=1S/C17H20O4/c1-5-7-14(17(21)10-9-12(3)18)15(11-13(4)19)16(20)8-6-2/h5-11,18,21H,3H2,1-2,4H3/b7-5-,8-6+,10-9+,15-11?,17-14-. The summed E-state index contributed by atoms with van der Waals surface area (Å²) in [6.07, 6.45) is 9.54. The van der Waals surface area contributed by atoms with Crippen LogP contribution in [-0.4, -0.2) is 21.8 Å². The summed E-state index contributed by atoms with van der Waals surface area (Å²) in [5, 5.41) is 19.1. The molecule has 0 heterocycles.